The molecule has 0 saturated carbocycles. The third-order valence-corrected chi connectivity index (χ3v) is 8.03. The average Bonchev–Trinajstić information content (AvgIpc) is 3.55. The molecule has 0 bridgehead atoms. The minimum Gasteiger partial charge on any atom is -0.462 e. The molecule has 2 saturated heterocycles. The Morgan fingerprint density at radius 2 is 2.19 bits per heavy atom. The van der Waals surface area contributed by atoms with E-state index in [1.807, 2.05) is 6.20 Å². The van der Waals surface area contributed by atoms with E-state index in [1.54, 1.807) is 0 Å². The van der Waals surface area contributed by atoms with E-state index in [1.165, 1.54) is 12.0 Å². The average molecular weight is 503 g/mol. The molecule has 194 valence electrons. The van der Waals surface area contributed by atoms with Crippen molar-refractivity contribution in [2.45, 2.75) is 57.4 Å². The summed E-state index contributed by atoms with van der Waals surface area (Å²) in [6.45, 7) is 6.57. The van der Waals surface area contributed by atoms with Crippen LogP contribution >= 0.6 is 0 Å². The van der Waals surface area contributed by atoms with Crippen molar-refractivity contribution in [2.75, 3.05) is 44.7 Å². The highest BCUT2D eigenvalue weighted by Gasteiger charge is 2.32. The number of anilines is 1. The second-order valence-electron chi connectivity index (χ2n) is 10.4. The van der Waals surface area contributed by atoms with Crippen LogP contribution in [0.3, 0.4) is 0 Å². The van der Waals surface area contributed by atoms with Crippen LogP contribution in [0.2, 0.25) is 0 Å². The molecule has 3 aromatic rings. The van der Waals surface area contributed by atoms with Gasteiger partial charge in [-0.2, -0.15) is 20.3 Å². The molecule has 0 radical (unpaired) electrons. The fourth-order valence-electron chi connectivity index (χ4n) is 5.94. The Labute approximate surface area is 217 Å². The number of aromatic amines is 1. The Hall–Kier alpha value is -3.26. The summed E-state index contributed by atoms with van der Waals surface area (Å²) < 4.78 is 12.7. The summed E-state index contributed by atoms with van der Waals surface area (Å²) >= 11 is 0. The highest BCUT2D eigenvalue weighted by atomic mass is 16.5. The number of ether oxygens (including phenoxy) is 2. The maximum atomic E-state index is 9.24. The molecule has 2 N–H and O–H groups in total. The van der Waals surface area contributed by atoms with Crippen LogP contribution in [0.15, 0.2) is 18.3 Å². The second kappa shape index (κ2) is 10.2. The van der Waals surface area contributed by atoms with Crippen LogP contribution in [0.4, 0.5) is 5.82 Å². The van der Waals surface area contributed by atoms with Gasteiger partial charge in [0, 0.05) is 49.1 Å². The van der Waals surface area contributed by atoms with Crippen molar-refractivity contribution >= 4 is 16.7 Å². The maximum Gasteiger partial charge on any atom is 0.318 e. The third-order valence-electron chi connectivity index (χ3n) is 8.03. The van der Waals surface area contributed by atoms with Crippen LogP contribution in [-0.2, 0) is 17.8 Å². The summed E-state index contributed by atoms with van der Waals surface area (Å²) in [5, 5.41) is 21.1. The predicted molar refractivity (Wildman–Crippen MR) is 139 cm³/mol. The number of aromatic nitrogens is 4. The largest absolute Gasteiger partial charge is 0.462 e. The highest BCUT2D eigenvalue weighted by Crippen LogP contribution is 2.38. The Morgan fingerprint density at radius 3 is 3.03 bits per heavy atom. The van der Waals surface area contributed by atoms with Gasteiger partial charge in [0.25, 0.3) is 0 Å². The number of likely N-dealkylation sites (N-methyl/N-ethyl adjacent to an activating group) is 1. The number of likely N-dealkylation sites (tertiary alicyclic amines) is 1. The Kier molecular flexibility index (Phi) is 6.67. The number of nitrogens with one attached hydrogen (secondary N) is 2. The molecule has 0 spiro atoms. The van der Waals surface area contributed by atoms with Crippen molar-refractivity contribution in [3.05, 3.63) is 40.7 Å². The first-order valence-corrected chi connectivity index (χ1v) is 13.2. The Balaban J connectivity index is 1.33. The lowest BCUT2D eigenvalue weighted by molar-refractivity contribution is 0.0261. The monoisotopic (exact) mass is 502 g/mol. The SMILES string of the molecule is Cc1ccc2[nH]ncc2c1C1Cc2nc(OC[C@@H]3CCCN3C)nc(N3CCN[C@@H](CC#N)C3)c2CO1. The zero-order valence-electron chi connectivity index (χ0n) is 21.5. The second-order valence-corrected chi connectivity index (χ2v) is 10.4. The molecule has 1 aromatic carbocycles. The number of rotatable bonds is 6. The molecule has 5 heterocycles. The lowest BCUT2D eigenvalue weighted by atomic mass is 9.93. The fourth-order valence-corrected chi connectivity index (χ4v) is 5.94. The van der Waals surface area contributed by atoms with E-state index in [0.717, 1.165) is 66.1 Å². The number of H-pyrrole nitrogens is 1. The molecule has 1 unspecified atom stereocenters. The van der Waals surface area contributed by atoms with Gasteiger partial charge in [0.05, 0.1) is 42.6 Å². The van der Waals surface area contributed by atoms with Crippen LogP contribution in [-0.4, -0.2) is 77.0 Å². The molecule has 2 fully saturated rings. The van der Waals surface area contributed by atoms with Crippen LogP contribution in [0.5, 0.6) is 6.01 Å². The van der Waals surface area contributed by atoms with Gasteiger partial charge in [-0.1, -0.05) is 6.07 Å². The molecular weight excluding hydrogens is 468 g/mol. The lowest BCUT2D eigenvalue weighted by Crippen LogP contribution is -2.51. The fraction of sp³-hybridized carbons (Fsp3) is 0.556. The smallest absolute Gasteiger partial charge is 0.318 e. The maximum absolute atomic E-state index is 9.24. The molecule has 3 aliphatic rings. The number of benzene rings is 1. The summed E-state index contributed by atoms with van der Waals surface area (Å²) in [6, 6.07) is 7.41. The van der Waals surface area contributed by atoms with Gasteiger partial charge in [0.2, 0.25) is 0 Å². The minimum atomic E-state index is -0.125. The minimum absolute atomic E-state index is 0.111. The molecule has 10 heteroatoms. The van der Waals surface area contributed by atoms with E-state index in [0.29, 0.717) is 38.1 Å². The Bertz CT molecular complexity index is 1320. The first-order valence-electron chi connectivity index (χ1n) is 13.2. The van der Waals surface area contributed by atoms with E-state index in [4.69, 9.17) is 19.4 Å². The van der Waals surface area contributed by atoms with E-state index in [-0.39, 0.29) is 12.1 Å². The van der Waals surface area contributed by atoms with Crippen LogP contribution in [0, 0.1) is 18.3 Å². The molecule has 2 aromatic heterocycles. The quantitative estimate of drug-likeness (QED) is 0.525. The standard InChI is InChI=1S/C27H34N8O2/c1-17-5-6-22-20(13-30-33-22)25(17)24-12-23-21(16-36-24)26(35-11-9-29-18(14-35)7-8-28)32-27(31-23)37-15-19-4-3-10-34(19)2/h5-6,13,18-19,24,29H,3-4,7,9-12,14-16H2,1-2H3,(H,30,33)/t18-,19-,24?/m0/s1. The van der Waals surface area contributed by atoms with Crippen molar-refractivity contribution in [1.29, 1.82) is 5.26 Å². The van der Waals surface area contributed by atoms with Gasteiger partial charge in [-0.05, 0) is 50.6 Å². The molecular formula is C27H34N8O2. The third kappa shape index (κ3) is 4.75. The van der Waals surface area contributed by atoms with Crippen molar-refractivity contribution in [2.24, 2.45) is 0 Å². The topological polar surface area (TPSA) is 115 Å². The van der Waals surface area contributed by atoms with E-state index < -0.39 is 0 Å². The first kappa shape index (κ1) is 24.1. The van der Waals surface area contributed by atoms with Gasteiger partial charge >= 0.3 is 6.01 Å². The zero-order valence-corrected chi connectivity index (χ0v) is 21.5. The lowest BCUT2D eigenvalue weighted by Gasteiger charge is -2.36. The highest BCUT2D eigenvalue weighted by molar-refractivity contribution is 5.83. The van der Waals surface area contributed by atoms with Gasteiger partial charge in [0.1, 0.15) is 12.4 Å². The molecule has 0 amide bonds. The van der Waals surface area contributed by atoms with Gasteiger partial charge in [-0.15, -0.1) is 0 Å². The Morgan fingerprint density at radius 1 is 1.27 bits per heavy atom. The van der Waals surface area contributed by atoms with Crippen LogP contribution in [0.1, 0.15) is 47.8 Å². The number of piperazine rings is 1. The van der Waals surface area contributed by atoms with Crippen LogP contribution in [0.25, 0.3) is 10.9 Å². The number of hydrogen-bond acceptors (Lipinski definition) is 9. The summed E-state index contributed by atoms with van der Waals surface area (Å²) in [7, 11) is 2.15. The number of aryl methyl sites for hydroxylation is 1. The van der Waals surface area contributed by atoms with Crippen molar-refractivity contribution in [1.82, 2.24) is 30.4 Å². The van der Waals surface area contributed by atoms with E-state index >= 15 is 0 Å². The predicted octanol–water partition coefficient (Wildman–Crippen LogP) is 2.64. The summed E-state index contributed by atoms with van der Waals surface area (Å²) in [5.41, 5.74) is 5.34. The van der Waals surface area contributed by atoms with Crippen molar-refractivity contribution < 1.29 is 9.47 Å². The van der Waals surface area contributed by atoms with Crippen molar-refractivity contribution in [3.8, 4) is 12.1 Å². The number of hydrogen-bond donors (Lipinski definition) is 2. The van der Waals surface area contributed by atoms with E-state index in [9.17, 15) is 5.26 Å². The van der Waals surface area contributed by atoms with Crippen LogP contribution < -0.4 is 15.0 Å². The molecule has 3 aliphatic heterocycles. The summed E-state index contributed by atoms with van der Waals surface area (Å²) in [6.07, 6.45) is 5.19. The summed E-state index contributed by atoms with van der Waals surface area (Å²) in [5.74, 6) is 0.876. The number of nitrogens with zero attached hydrogens (tertiary/aromatic N) is 6. The van der Waals surface area contributed by atoms with Gasteiger partial charge in [-0.25, -0.2) is 0 Å². The van der Waals surface area contributed by atoms with Gasteiger partial charge in [-0.3, -0.25) is 5.10 Å². The molecule has 37 heavy (non-hydrogen) atoms. The summed E-state index contributed by atoms with van der Waals surface area (Å²) in [4.78, 5) is 14.5. The molecule has 0 aliphatic carbocycles. The molecule has 6 rings (SSSR count). The molecule has 10 nitrogen and oxygen atoms in total. The van der Waals surface area contributed by atoms with Gasteiger partial charge < -0.3 is 24.6 Å². The number of fused-ring (bicyclic) bond motifs is 2. The normalized spacial score (nSPS) is 24.2. The van der Waals surface area contributed by atoms with E-state index in [2.05, 4.69) is 57.5 Å². The van der Waals surface area contributed by atoms with Gasteiger partial charge in [0.15, 0.2) is 0 Å². The zero-order chi connectivity index (χ0) is 25.4. The molecule has 3 atom stereocenters. The van der Waals surface area contributed by atoms with Crippen molar-refractivity contribution in [3.63, 3.8) is 0 Å². The number of nitriles is 1. The first-order chi connectivity index (χ1) is 18.1.